The number of aromatic nitrogens is 8. The SMILES string of the molecule is CCCCCCC1c2cc3c4cc2Oc2nc5c(nc2Oc2cc6c(cc21)C(CCCCCC)c1cc2c(cc1Oc1nc7ccccc7nc1O6)Oc1nc6ccccc6nc1Oc1cc(c(cc1C2CCCCCC)C3CCCCCC)Oc1nc2ccccc2nc1O4)C(=O)N(c1ccc(C(C)(C)C)cc1)C5=O. The molecular formula is C92H89N9O10. The van der Waals surface area contributed by atoms with Crippen LogP contribution in [0.25, 0.3) is 33.1 Å². The fourth-order valence-corrected chi connectivity index (χ4v) is 16.9. The number of amides is 2. The van der Waals surface area contributed by atoms with Crippen LogP contribution >= 0.6 is 0 Å². The minimum absolute atomic E-state index is 0.112. The third-order valence-corrected chi connectivity index (χ3v) is 22.8. The van der Waals surface area contributed by atoms with Crippen LogP contribution in [0.1, 0.15) is 272 Å². The Balaban J connectivity index is 0.987. The number of rotatable bonds is 21. The molecule has 12 aromatic rings. The molecule has 0 radical (unpaired) electrons. The number of hydrogen-bond acceptors (Lipinski definition) is 18. The Morgan fingerprint density at radius 2 is 0.514 bits per heavy atom. The van der Waals surface area contributed by atoms with Crippen LogP contribution in [0.2, 0.25) is 0 Å². The second-order valence-corrected chi connectivity index (χ2v) is 31.4. The van der Waals surface area contributed by atoms with E-state index in [1.807, 2.05) is 109 Å². The number of para-hydroxylation sites is 6. The molecule has 1 aliphatic carbocycles. The van der Waals surface area contributed by atoms with E-state index in [2.05, 4.69) is 72.7 Å². The van der Waals surface area contributed by atoms with Gasteiger partial charge in [-0.25, -0.2) is 44.8 Å². The van der Waals surface area contributed by atoms with Crippen LogP contribution in [0.3, 0.4) is 0 Å². The van der Waals surface area contributed by atoms with Gasteiger partial charge in [-0.3, -0.25) is 9.59 Å². The lowest BCUT2D eigenvalue weighted by atomic mass is 9.76. The Morgan fingerprint density at radius 1 is 0.288 bits per heavy atom. The van der Waals surface area contributed by atoms with Gasteiger partial charge in [-0.05, 0) is 109 Å². The highest BCUT2D eigenvalue weighted by molar-refractivity contribution is 6.33. The summed E-state index contributed by atoms with van der Waals surface area (Å²) < 4.78 is 60.0. The van der Waals surface area contributed by atoms with Crippen molar-refractivity contribution in [2.45, 2.75) is 206 Å². The molecule has 4 aromatic heterocycles. The van der Waals surface area contributed by atoms with Crippen molar-refractivity contribution in [3.05, 3.63) is 207 Å². The lowest BCUT2D eigenvalue weighted by molar-refractivity contribution is 0.0922. The van der Waals surface area contributed by atoms with Crippen LogP contribution in [0.4, 0.5) is 5.69 Å². The van der Waals surface area contributed by atoms with Gasteiger partial charge in [0.15, 0.2) is 11.4 Å². The van der Waals surface area contributed by atoms with E-state index in [1.54, 1.807) is 12.1 Å². The molecule has 2 atom stereocenters. The van der Waals surface area contributed by atoms with Crippen molar-refractivity contribution in [3.63, 3.8) is 0 Å². The maximum Gasteiger partial charge on any atom is 0.286 e. The maximum absolute atomic E-state index is 15.2. The standard InChI is InChI=1S/C92H89N9O10/c1-8-12-16-20-30-54-58-44-60-55(31-21-17-13-9-2)62-46-64-57(33-23-19-15-11-4)65-47-63-56(32-22-18-14-10-3)61-45-59(54)73-49-75(61)107-85-87(98-71-39-29-27-37-69(71)96-85)109-77(63)51-79(65)111-89-88(99-80-81(100-89)91(103)101(90(80)102)53-42-40-52(41-43-53)92(5,6)7)110-78(64)50-76(62)108-86-84(95-68-36-26-28-38-70(68)97-86)106-74(60)48-72(58)104-82-83(105-73)94-67-35-25-24-34-66(67)93-82/h24-29,34-51,54-57H,8-23,30-33H2,1-7H3. The predicted molar refractivity (Wildman–Crippen MR) is 426 cm³/mol. The Bertz CT molecular complexity index is 5380. The first-order chi connectivity index (χ1) is 54.2. The molecule has 0 saturated carbocycles. The number of ether oxygens (including phenoxy) is 8. The third kappa shape index (κ3) is 13.4. The summed E-state index contributed by atoms with van der Waals surface area (Å²) in [7, 11) is 0. The van der Waals surface area contributed by atoms with E-state index < -0.39 is 35.5 Å². The van der Waals surface area contributed by atoms with Gasteiger partial charge < -0.3 is 37.9 Å². The molecule has 2 unspecified atom stereocenters. The molecule has 6 aliphatic rings. The Morgan fingerprint density at radius 3 is 0.730 bits per heavy atom. The van der Waals surface area contributed by atoms with Gasteiger partial charge in [-0.2, -0.15) is 0 Å². The normalized spacial score (nSPS) is 16.7. The highest BCUT2D eigenvalue weighted by Crippen LogP contribution is 2.60. The molecule has 18 rings (SSSR count). The maximum atomic E-state index is 15.2. The highest BCUT2D eigenvalue weighted by atomic mass is 16.6. The summed E-state index contributed by atoms with van der Waals surface area (Å²) >= 11 is 0. The number of carbonyl (C=O) groups is 2. The minimum Gasteiger partial charge on any atom is -0.434 e. The van der Waals surface area contributed by atoms with Crippen molar-refractivity contribution in [2.24, 2.45) is 0 Å². The number of carbonyl (C=O) groups excluding carboxylic acids is 2. The largest absolute Gasteiger partial charge is 0.434 e. The lowest BCUT2D eigenvalue weighted by Crippen LogP contribution is -2.29. The zero-order valence-electron chi connectivity index (χ0n) is 63.9. The summed E-state index contributed by atoms with van der Waals surface area (Å²) in [5.41, 5.74) is 11.3. The number of nitrogens with zero attached hydrogens (tertiary/aromatic N) is 9. The first-order valence-corrected chi connectivity index (χ1v) is 40.1. The number of benzene rings is 8. The first-order valence-electron chi connectivity index (χ1n) is 40.1. The van der Waals surface area contributed by atoms with Crippen LogP contribution in [0.5, 0.6) is 93.0 Å². The van der Waals surface area contributed by atoms with E-state index in [0.29, 0.717) is 110 Å². The van der Waals surface area contributed by atoms with Crippen molar-refractivity contribution in [1.29, 1.82) is 0 Å². The third-order valence-electron chi connectivity index (χ3n) is 22.8. The van der Waals surface area contributed by atoms with Gasteiger partial charge in [0.05, 0.1) is 38.8 Å². The quantitative estimate of drug-likeness (QED) is 0.0483. The average Bonchev–Trinajstić information content (AvgIpc) is 1.66. The van der Waals surface area contributed by atoms with E-state index in [-0.39, 0.29) is 63.8 Å². The minimum atomic E-state index is -0.658. The fraction of sp³-hybridized carbons (Fsp3) is 0.348. The van der Waals surface area contributed by atoms with Crippen LogP contribution in [-0.4, -0.2) is 51.7 Å². The van der Waals surface area contributed by atoms with Gasteiger partial charge >= 0.3 is 0 Å². The molecule has 0 fully saturated rings. The Kier molecular flexibility index (Phi) is 19.0. The van der Waals surface area contributed by atoms with E-state index in [1.165, 1.54) is 0 Å². The predicted octanol–water partition coefficient (Wildman–Crippen LogP) is 24.7. The zero-order valence-corrected chi connectivity index (χ0v) is 63.9. The molecule has 2 amide bonds. The van der Waals surface area contributed by atoms with Crippen LogP contribution in [0.15, 0.2) is 146 Å². The molecule has 5 aliphatic heterocycles. The van der Waals surface area contributed by atoms with Gasteiger partial charge in [0.1, 0.15) is 46.0 Å². The number of unbranched alkanes of at least 4 members (excludes halogenated alkanes) is 12. The molecule has 0 saturated heterocycles. The Hall–Kier alpha value is -11.6. The van der Waals surface area contributed by atoms with E-state index in [9.17, 15) is 0 Å². The number of imide groups is 1. The smallest absolute Gasteiger partial charge is 0.286 e. The van der Waals surface area contributed by atoms with E-state index in [4.69, 9.17) is 77.8 Å². The number of hydrogen-bond donors (Lipinski definition) is 0. The zero-order chi connectivity index (χ0) is 75.6. The molecule has 0 spiro atoms. The topological polar surface area (TPSA) is 214 Å². The highest BCUT2D eigenvalue weighted by Gasteiger charge is 2.45. The first kappa shape index (κ1) is 71.0. The van der Waals surface area contributed by atoms with Gasteiger partial charge in [-0.1, -0.05) is 200 Å². The average molecular weight is 1480 g/mol. The molecule has 0 N–H and O–H groups in total. The number of fused-ring (bicyclic) bond motifs is 8. The van der Waals surface area contributed by atoms with Gasteiger partial charge in [0.2, 0.25) is 0 Å². The van der Waals surface area contributed by atoms with Crippen molar-refractivity contribution in [3.8, 4) is 93.0 Å². The van der Waals surface area contributed by atoms with Crippen molar-refractivity contribution in [1.82, 2.24) is 39.9 Å². The summed E-state index contributed by atoms with van der Waals surface area (Å²) in [5, 5.41) is 0. The summed E-state index contributed by atoms with van der Waals surface area (Å²) in [6.45, 7) is 15.3. The molecule has 19 nitrogen and oxygen atoms in total. The van der Waals surface area contributed by atoms with Crippen LogP contribution in [0, 0.1) is 0 Å². The molecule has 8 bridgehead atoms. The Labute approximate surface area is 645 Å². The fourth-order valence-electron chi connectivity index (χ4n) is 16.9. The van der Waals surface area contributed by atoms with Gasteiger partial charge in [0.25, 0.3) is 58.9 Å². The molecule has 19 heteroatoms. The summed E-state index contributed by atoms with van der Waals surface area (Å²) in [4.78, 5) is 73.4. The lowest BCUT2D eigenvalue weighted by Gasteiger charge is -2.30. The van der Waals surface area contributed by atoms with Crippen LogP contribution in [-0.2, 0) is 5.41 Å². The summed E-state index contributed by atoms with van der Waals surface area (Å²) in [5.74, 6) is 0.938. The molecule has 111 heavy (non-hydrogen) atoms. The monoisotopic (exact) mass is 1480 g/mol. The molecule has 8 aromatic carbocycles. The van der Waals surface area contributed by atoms with Gasteiger partial charge in [0, 0.05) is 92.4 Å². The van der Waals surface area contributed by atoms with Crippen molar-refractivity contribution < 1.29 is 47.5 Å². The molecule has 562 valence electrons. The molecular weight excluding hydrogens is 1390 g/mol. The molecule has 9 heterocycles. The van der Waals surface area contributed by atoms with Gasteiger partial charge in [-0.15, -0.1) is 0 Å². The summed E-state index contributed by atoms with van der Waals surface area (Å²) in [6, 6.07) is 47.7. The summed E-state index contributed by atoms with van der Waals surface area (Å²) in [6.07, 6.45) is 18.0. The second-order valence-electron chi connectivity index (χ2n) is 31.4. The van der Waals surface area contributed by atoms with E-state index >= 15 is 9.59 Å². The second kappa shape index (κ2) is 29.7. The van der Waals surface area contributed by atoms with Crippen molar-refractivity contribution >= 4 is 50.6 Å². The number of anilines is 1. The van der Waals surface area contributed by atoms with E-state index in [0.717, 1.165) is 158 Å². The van der Waals surface area contributed by atoms with Crippen LogP contribution < -0.4 is 42.8 Å². The van der Waals surface area contributed by atoms with Crippen molar-refractivity contribution in [2.75, 3.05) is 4.90 Å².